The molecule has 68 heavy (non-hydrogen) atoms. The summed E-state index contributed by atoms with van der Waals surface area (Å²) in [5.74, 6) is -3.37. The molecule has 8 rings (SSSR count). The van der Waals surface area contributed by atoms with Crippen LogP contribution in [0.3, 0.4) is 0 Å². The van der Waals surface area contributed by atoms with E-state index < -0.39 is 150 Å². The molecule has 0 amide bonds. The van der Waals surface area contributed by atoms with Gasteiger partial charge in [-0.15, -0.1) is 0 Å². The first-order chi connectivity index (χ1) is 31.7. The highest BCUT2D eigenvalue weighted by molar-refractivity contribution is 5.78. The Bertz CT molecular complexity index is 1950. The van der Waals surface area contributed by atoms with Crippen LogP contribution in [-0.4, -0.2) is 185 Å². The van der Waals surface area contributed by atoms with Crippen molar-refractivity contribution >= 4 is 18.2 Å². The van der Waals surface area contributed by atoms with E-state index in [1.54, 1.807) is 6.92 Å². The summed E-state index contributed by atoms with van der Waals surface area (Å²) in [5.41, 5.74) is -3.12. The van der Waals surface area contributed by atoms with Gasteiger partial charge in [-0.2, -0.15) is 0 Å². The zero-order valence-electron chi connectivity index (χ0n) is 39.9. The summed E-state index contributed by atoms with van der Waals surface area (Å²) in [7, 11) is 0. The lowest BCUT2D eigenvalue weighted by molar-refractivity contribution is -0.394. The fourth-order valence-corrected chi connectivity index (χ4v) is 15.0. The van der Waals surface area contributed by atoms with Crippen LogP contribution in [0.4, 0.5) is 0 Å². The maximum atomic E-state index is 13.8. The van der Waals surface area contributed by atoms with Crippen LogP contribution in [-0.2, 0) is 42.8 Å². The number of carboxylic acids is 2. The number of aliphatic hydroxyl groups excluding tert-OH is 9. The van der Waals surface area contributed by atoms with Crippen molar-refractivity contribution in [2.24, 2.45) is 50.2 Å². The number of carboxylic acid groups (broad SMARTS) is 2. The van der Waals surface area contributed by atoms with Gasteiger partial charge in [0.15, 0.2) is 25.0 Å². The van der Waals surface area contributed by atoms with Gasteiger partial charge >= 0.3 is 11.9 Å². The van der Waals surface area contributed by atoms with E-state index in [1.165, 1.54) is 6.92 Å². The first kappa shape index (κ1) is 52.1. The highest BCUT2D eigenvalue weighted by Crippen LogP contribution is 2.76. The Kier molecular flexibility index (Phi) is 13.8. The number of fused-ring (bicyclic) bond motifs is 7. The summed E-state index contributed by atoms with van der Waals surface area (Å²) in [4.78, 5) is 39.9. The highest BCUT2D eigenvalue weighted by Gasteiger charge is 2.72. The van der Waals surface area contributed by atoms with E-state index >= 15 is 0 Å². The summed E-state index contributed by atoms with van der Waals surface area (Å²) < 4.78 is 36.2. The van der Waals surface area contributed by atoms with Crippen LogP contribution in [0, 0.1) is 50.2 Å². The third-order valence-electron chi connectivity index (χ3n) is 19.3. The smallest absolute Gasteiger partial charge is 0.335 e. The average Bonchev–Trinajstić information content (AvgIpc) is 3.27. The van der Waals surface area contributed by atoms with Gasteiger partial charge in [0, 0.05) is 0 Å². The highest BCUT2D eigenvalue weighted by atomic mass is 16.8. The molecule has 8 aliphatic rings. The number of carbonyl (C=O) groups excluding carboxylic acids is 1. The molecule has 0 aromatic heterocycles. The van der Waals surface area contributed by atoms with Gasteiger partial charge in [-0.05, 0) is 104 Å². The SMILES string of the molecule is C[C@@H]1O[C@@H](O[C@H]2[C@H](O)[C@@H](C(=O)O)O[C@@H](O[C@H]3CC[C@@]4(C)C(CC[C@]5(C)C4CC=C4[C@@H]6CC(C)(C)CC[C@]6(C(=O)O)[C@H](O)C[C@]45C)[C@]3(C)C=O)[C@@H]2O[C@@H]2O[C@H](CO)[C@H](O)[C@H](O)[C@H]2O)[C@H](O)[C@H](O)[C@H]1O. The Hall–Kier alpha value is -2.25. The van der Waals surface area contributed by atoms with Crippen molar-refractivity contribution in [3.05, 3.63) is 11.6 Å². The number of ether oxygens (including phenoxy) is 6. The van der Waals surface area contributed by atoms with Crippen LogP contribution in [0.15, 0.2) is 11.6 Å². The van der Waals surface area contributed by atoms with Crippen molar-refractivity contribution in [3.63, 3.8) is 0 Å². The van der Waals surface area contributed by atoms with Gasteiger partial charge in [-0.25, -0.2) is 4.79 Å². The van der Waals surface area contributed by atoms with E-state index in [1.807, 2.05) is 0 Å². The predicted octanol–water partition coefficient (Wildman–Crippen LogP) is -0.0241. The lowest BCUT2D eigenvalue weighted by atomic mass is 9.33. The predicted molar refractivity (Wildman–Crippen MR) is 231 cm³/mol. The molecule has 0 radical (unpaired) electrons. The molecule has 20 nitrogen and oxygen atoms in total. The molecular formula is C48H74O20. The first-order valence-corrected chi connectivity index (χ1v) is 24.3. The van der Waals surface area contributed by atoms with Crippen molar-refractivity contribution in [1.82, 2.24) is 0 Å². The Balaban J connectivity index is 1.13. The molecule has 5 aliphatic carbocycles. The monoisotopic (exact) mass is 970 g/mol. The minimum absolute atomic E-state index is 0.0282. The molecule has 0 bridgehead atoms. The maximum absolute atomic E-state index is 13.8. The lowest BCUT2D eigenvalue weighted by Crippen LogP contribution is -2.69. The number of aldehydes is 1. The average molecular weight is 971 g/mol. The molecule has 4 saturated carbocycles. The molecule has 0 aromatic carbocycles. The minimum atomic E-state index is -2.15. The van der Waals surface area contributed by atoms with E-state index in [4.69, 9.17) is 28.4 Å². The zero-order valence-corrected chi connectivity index (χ0v) is 39.9. The van der Waals surface area contributed by atoms with Crippen molar-refractivity contribution in [2.45, 2.75) is 211 Å². The number of aliphatic hydroxyl groups is 9. The van der Waals surface area contributed by atoms with E-state index in [-0.39, 0.29) is 36.0 Å². The number of hydrogen-bond acceptors (Lipinski definition) is 18. The van der Waals surface area contributed by atoms with Crippen LogP contribution in [0.5, 0.6) is 0 Å². The normalized spacial score (nSPS) is 54.5. The molecule has 11 N–H and O–H groups in total. The fourth-order valence-electron chi connectivity index (χ4n) is 15.0. The summed E-state index contributed by atoms with van der Waals surface area (Å²) in [6, 6.07) is 0. The number of carbonyl (C=O) groups is 3. The molecule has 3 aliphatic heterocycles. The van der Waals surface area contributed by atoms with Crippen LogP contribution in [0.1, 0.15) is 106 Å². The van der Waals surface area contributed by atoms with Gasteiger partial charge in [0.25, 0.3) is 0 Å². The van der Waals surface area contributed by atoms with Crippen LogP contribution in [0.25, 0.3) is 0 Å². The Morgan fingerprint density at radius 2 is 1.34 bits per heavy atom. The van der Waals surface area contributed by atoms with Crippen molar-refractivity contribution in [2.75, 3.05) is 6.61 Å². The maximum Gasteiger partial charge on any atom is 0.335 e. The van der Waals surface area contributed by atoms with Gasteiger partial charge in [-0.3, -0.25) is 4.79 Å². The van der Waals surface area contributed by atoms with Crippen molar-refractivity contribution in [3.8, 4) is 0 Å². The number of allylic oxidation sites excluding steroid dienone is 2. The summed E-state index contributed by atoms with van der Waals surface area (Å²) in [6.07, 6.45) is -21.9. The molecule has 3 heterocycles. The molecule has 3 saturated heterocycles. The second-order valence-electron chi connectivity index (χ2n) is 23.3. The summed E-state index contributed by atoms with van der Waals surface area (Å²) in [6.45, 7) is 13.2. The van der Waals surface area contributed by atoms with Crippen LogP contribution >= 0.6 is 0 Å². The fraction of sp³-hybridized carbons (Fsp3) is 0.896. The van der Waals surface area contributed by atoms with Crippen molar-refractivity contribution in [1.29, 1.82) is 0 Å². The summed E-state index contributed by atoms with van der Waals surface area (Å²) >= 11 is 0. The molecule has 2 unspecified atom stereocenters. The Labute approximate surface area is 395 Å². The second kappa shape index (κ2) is 18.0. The standard InChI is InChI=1S/C48H74O20/c1-20-28(52)30(54)32(56)39(63-20)66-35-34(58)36(38(59)60)67-41(37(35)68-40-33(57)31(55)29(53)23(18-49)64-40)65-27-11-12-44(4)24(45(27,5)19-50)10-13-46(6)25(44)9-8-21-22-16-43(2,3)14-15-48(22,42(61)62)26(51)17-47(21,46)7/h8,19-20,22-37,39-41,49,51-58H,9-18H2,1-7H3,(H,59,60)(H,61,62)/t20-,22-,23+,24?,25?,26+,27-,28-,29-,30+,31-,32+,33+,34-,35-,36-,37+,39-,40-,41+,44-,45-,46+,47+,48+/m0/s1. The molecular weight excluding hydrogens is 897 g/mol. The van der Waals surface area contributed by atoms with E-state index in [9.17, 15) is 70.6 Å². The Morgan fingerprint density at radius 1 is 0.706 bits per heavy atom. The lowest BCUT2D eigenvalue weighted by Gasteiger charge is -2.71. The largest absolute Gasteiger partial charge is 0.481 e. The number of aliphatic carboxylic acids is 2. The van der Waals surface area contributed by atoms with Crippen LogP contribution in [0.2, 0.25) is 0 Å². The van der Waals surface area contributed by atoms with E-state index in [0.29, 0.717) is 44.9 Å². The van der Waals surface area contributed by atoms with Gasteiger partial charge in [0.1, 0.15) is 72.7 Å². The number of rotatable bonds is 10. The minimum Gasteiger partial charge on any atom is -0.481 e. The Morgan fingerprint density at radius 3 is 1.96 bits per heavy atom. The molecule has 0 spiro atoms. The second-order valence-corrected chi connectivity index (χ2v) is 23.3. The van der Waals surface area contributed by atoms with Crippen LogP contribution < -0.4 is 0 Å². The van der Waals surface area contributed by atoms with E-state index in [0.717, 1.165) is 11.9 Å². The molecule has 25 atom stereocenters. The third kappa shape index (κ3) is 7.77. The van der Waals surface area contributed by atoms with Crippen molar-refractivity contribution < 1.29 is 99.0 Å². The topological polar surface area (TPSA) is 329 Å². The molecule has 20 heteroatoms. The van der Waals surface area contributed by atoms with Gasteiger partial charge < -0.3 is 89.4 Å². The molecule has 7 fully saturated rings. The van der Waals surface area contributed by atoms with E-state index in [2.05, 4.69) is 40.7 Å². The quantitative estimate of drug-likeness (QED) is 0.0778. The molecule has 0 aromatic rings. The molecule has 386 valence electrons. The van der Waals surface area contributed by atoms with Gasteiger partial charge in [-0.1, -0.05) is 53.2 Å². The van der Waals surface area contributed by atoms with Gasteiger partial charge in [0.2, 0.25) is 0 Å². The first-order valence-electron chi connectivity index (χ1n) is 24.3. The van der Waals surface area contributed by atoms with Gasteiger partial charge in [0.05, 0.1) is 30.3 Å². The zero-order chi connectivity index (χ0) is 50.0. The summed E-state index contributed by atoms with van der Waals surface area (Å²) in [5, 5.41) is 119. The number of hydrogen-bond donors (Lipinski definition) is 11. The third-order valence-corrected chi connectivity index (χ3v) is 19.3.